The predicted molar refractivity (Wildman–Crippen MR) is 105 cm³/mol. The van der Waals surface area contributed by atoms with Crippen molar-refractivity contribution in [3.8, 4) is 0 Å². The summed E-state index contributed by atoms with van der Waals surface area (Å²) in [6, 6.07) is 6.06. The number of hydrogen-bond acceptors (Lipinski definition) is 4. The minimum atomic E-state index is -3.15. The summed E-state index contributed by atoms with van der Waals surface area (Å²) in [6.07, 6.45) is 5.74. The van der Waals surface area contributed by atoms with Crippen LogP contribution in [0.1, 0.15) is 37.7 Å². The number of benzene rings is 1. The Morgan fingerprint density at radius 3 is 2.61 bits per heavy atom. The van der Waals surface area contributed by atoms with E-state index in [1.807, 2.05) is 4.90 Å². The van der Waals surface area contributed by atoms with E-state index in [1.54, 1.807) is 12.1 Å². The third-order valence-corrected chi connectivity index (χ3v) is 6.54. The number of ether oxygens (including phenoxy) is 1. The van der Waals surface area contributed by atoms with Gasteiger partial charge in [0, 0.05) is 26.2 Å². The molecule has 1 N–H and O–H groups in total. The van der Waals surface area contributed by atoms with E-state index < -0.39 is 10.0 Å². The number of amides is 1. The van der Waals surface area contributed by atoms with Crippen molar-refractivity contribution < 1.29 is 22.3 Å². The number of nitrogens with one attached hydrogen (secondary N) is 1. The molecule has 2 saturated heterocycles. The average molecular weight is 413 g/mol. The summed E-state index contributed by atoms with van der Waals surface area (Å²) >= 11 is 0. The predicted octanol–water partition coefficient (Wildman–Crippen LogP) is 2.10. The van der Waals surface area contributed by atoms with Crippen LogP contribution >= 0.6 is 0 Å². The van der Waals surface area contributed by atoms with Gasteiger partial charge in [0.25, 0.3) is 0 Å². The van der Waals surface area contributed by atoms with Crippen LogP contribution < -0.4 is 4.72 Å². The molecular formula is C20H29FN2O4S. The molecule has 2 heterocycles. The molecular weight excluding hydrogens is 383 g/mol. The van der Waals surface area contributed by atoms with Gasteiger partial charge in [0.15, 0.2) is 0 Å². The number of piperidine rings is 1. The molecule has 1 unspecified atom stereocenters. The van der Waals surface area contributed by atoms with Gasteiger partial charge in [0.05, 0.1) is 18.3 Å². The molecule has 156 valence electrons. The van der Waals surface area contributed by atoms with Crippen LogP contribution in [0, 0.1) is 11.7 Å². The van der Waals surface area contributed by atoms with E-state index in [0.29, 0.717) is 32.2 Å². The third-order valence-electron chi connectivity index (χ3n) is 5.81. The van der Waals surface area contributed by atoms with E-state index in [9.17, 15) is 17.6 Å². The maximum Gasteiger partial charge on any atom is 0.226 e. The zero-order chi connectivity index (χ0) is 20.2. The first-order valence-electron chi connectivity index (χ1n) is 9.86. The number of halogens is 1. The van der Waals surface area contributed by atoms with E-state index in [1.165, 1.54) is 18.4 Å². The van der Waals surface area contributed by atoms with Gasteiger partial charge in [-0.05, 0) is 55.7 Å². The fourth-order valence-corrected chi connectivity index (χ4v) is 4.71. The van der Waals surface area contributed by atoms with Gasteiger partial charge in [0.2, 0.25) is 15.9 Å². The summed E-state index contributed by atoms with van der Waals surface area (Å²) in [6.45, 7) is 2.47. The normalized spacial score (nSPS) is 22.4. The van der Waals surface area contributed by atoms with Gasteiger partial charge < -0.3 is 9.64 Å². The zero-order valence-corrected chi connectivity index (χ0v) is 17.1. The molecule has 2 fully saturated rings. The largest absolute Gasteiger partial charge is 0.375 e. The molecule has 1 aromatic rings. The second-order valence-corrected chi connectivity index (χ2v) is 9.86. The minimum Gasteiger partial charge on any atom is -0.375 e. The van der Waals surface area contributed by atoms with Crippen molar-refractivity contribution in [2.75, 3.05) is 32.5 Å². The summed E-state index contributed by atoms with van der Waals surface area (Å²) in [5.74, 6) is 0.197. The molecule has 1 amide bonds. The fourth-order valence-electron chi connectivity index (χ4n) is 4.22. The van der Waals surface area contributed by atoms with E-state index in [2.05, 4.69) is 4.72 Å². The minimum absolute atomic E-state index is 0.0613. The van der Waals surface area contributed by atoms with Crippen LogP contribution in [0.4, 0.5) is 4.39 Å². The first kappa shape index (κ1) is 21.2. The van der Waals surface area contributed by atoms with Crippen LogP contribution in [0.5, 0.6) is 0 Å². The summed E-state index contributed by atoms with van der Waals surface area (Å²) in [4.78, 5) is 14.4. The highest BCUT2D eigenvalue weighted by molar-refractivity contribution is 7.88. The molecule has 6 nitrogen and oxygen atoms in total. The van der Waals surface area contributed by atoms with E-state index in [0.717, 1.165) is 37.7 Å². The molecule has 3 rings (SSSR count). The van der Waals surface area contributed by atoms with Crippen LogP contribution in [0.2, 0.25) is 0 Å². The lowest BCUT2D eigenvalue weighted by atomic mass is 9.78. The Morgan fingerprint density at radius 1 is 1.29 bits per heavy atom. The number of carbonyl (C=O) groups is 1. The maximum absolute atomic E-state index is 13.0. The first-order valence-corrected chi connectivity index (χ1v) is 11.7. The quantitative estimate of drug-likeness (QED) is 0.776. The summed E-state index contributed by atoms with van der Waals surface area (Å²) in [7, 11) is -3.15. The molecule has 0 aliphatic carbocycles. The molecule has 8 heteroatoms. The van der Waals surface area contributed by atoms with Gasteiger partial charge in [-0.2, -0.15) is 0 Å². The number of hydrogen-bond donors (Lipinski definition) is 1. The van der Waals surface area contributed by atoms with Crippen molar-refractivity contribution >= 4 is 15.9 Å². The Morgan fingerprint density at radius 2 is 1.96 bits per heavy atom. The number of rotatable bonds is 6. The first-order chi connectivity index (χ1) is 13.2. The Balaban J connectivity index is 1.47. The summed E-state index contributed by atoms with van der Waals surface area (Å²) in [5, 5.41) is 0. The average Bonchev–Trinajstić information content (AvgIpc) is 2.63. The molecule has 0 saturated carbocycles. The highest BCUT2D eigenvalue weighted by atomic mass is 32.2. The molecule has 0 bridgehead atoms. The van der Waals surface area contributed by atoms with Crippen molar-refractivity contribution in [1.82, 2.24) is 9.62 Å². The summed E-state index contributed by atoms with van der Waals surface area (Å²) in [5.41, 5.74) is 0.625. The lowest BCUT2D eigenvalue weighted by molar-refractivity contribution is -0.146. The van der Waals surface area contributed by atoms with Gasteiger partial charge >= 0.3 is 0 Å². The van der Waals surface area contributed by atoms with E-state index >= 15 is 0 Å². The van der Waals surface area contributed by atoms with Crippen LogP contribution in [-0.2, 0) is 26.0 Å². The Labute approximate surface area is 166 Å². The topological polar surface area (TPSA) is 75.7 Å². The number of carbonyl (C=O) groups excluding carboxylic acids is 1. The summed E-state index contributed by atoms with van der Waals surface area (Å²) < 4.78 is 44.1. The molecule has 1 aromatic carbocycles. The van der Waals surface area contributed by atoms with Gasteiger partial charge in [-0.15, -0.1) is 0 Å². The van der Waals surface area contributed by atoms with Crippen molar-refractivity contribution in [3.63, 3.8) is 0 Å². The SMILES string of the molecule is CS(=O)(=O)NCCC1CCOC2(CCN(C(=O)Cc3ccc(F)cc3)CC2)C1. The van der Waals surface area contributed by atoms with Crippen LogP contribution in [0.3, 0.4) is 0 Å². The fraction of sp³-hybridized carbons (Fsp3) is 0.650. The van der Waals surface area contributed by atoms with Gasteiger partial charge in [-0.25, -0.2) is 17.5 Å². The van der Waals surface area contributed by atoms with Crippen LogP contribution in [-0.4, -0.2) is 57.3 Å². The smallest absolute Gasteiger partial charge is 0.226 e. The molecule has 1 atom stereocenters. The third kappa shape index (κ3) is 5.99. The lowest BCUT2D eigenvalue weighted by Crippen LogP contribution is -2.51. The Hall–Kier alpha value is -1.51. The lowest BCUT2D eigenvalue weighted by Gasteiger charge is -2.46. The Kier molecular flexibility index (Phi) is 6.73. The highest BCUT2D eigenvalue weighted by Crippen LogP contribution is 2.38. The van der Waals surface area contributed by atoms with Crippen molar-refractivity contribution in [2.45, 2.75) is 44.1 Å². The number of likely N-dealkylation sites (tertiary alicyclic amines) is 1. The molecule has 2 aliphatic heterocycles. The van der Waals surface area contributed by atoms with E-state index in [4.69, 9.17) is 4.74 Å². The second-order valence-electron chi connectivity index (χ2n) is 8.03. The standard InChI is InChI=1S/C20H29FN2O4S/c1-28(25,26)22-10-6-17-7-13-27-20(15-17)8-11-23(12-9-20)19(24)14-16-2-4-18(21)5-3-16/h2-5,17,22H,6-15H2,1H3. The maximum atomic E-state index is 13.0. The van der Waals surface area contributed by atoms with Gasteiger partial charge in [-0.3, -0.25) is 4.79 Å². The number of nitrogens with zero attached hydrogens (tertiary/aromatic N) is 1. The molecule has 0 aromatic heterocycles. The van der Waals surface area contributed by atoms with Crippen molar-refractivity contribution in [1.29, 1.82) is 0 Å². The Bertz CT molecular complexity index is 774. The van der Waals surface area contributed by atoms with E-state index in [-0.39, 0.29) is 23.7 Å². The van der Waals surface area contributed by atoms with Crippen molar-refractivity contribution in [3.05, 3.63) is 35.6 Å². The van der Waals surface area contributed by atoms with Gasteiger partial charge in [0.1, 0.15) is 5.82 Å². The molecule has 0 radical (unpaired) electrons. The zero-order valence-electron chi connectivity index (χ0n) is 16.3. The van der Waals surface area contributed by atoms with Crippen molar-refractivity contribution in [2.24, 2.45) is 5.92 Å². The van der Waals surface area contributed by atoms with Crippen LogP contribution in [0.25, 0.3) is 0 Å². The second kappa shape index (κ2) is 8.88. The molecule has 2 aliphatic rings. The monoisotopic (exact) mass is 412 g/mol. The van der Waals surface area contributed by atoms with Crippen LogP contribution in [0.15, 0.2) is 24.3 Å². The molecule has 1 spiro atoms. The molecule has 28 heavy (non-hydrogen) atoms. The highest BCUT2D eigenvalue weighted by Gasteiger charge is 2.40. The number of sulfonamides is 1. The van der Waals surface area contributed by atoms with Gasteiger partial charge in [-0.1, -0.05) is 12.1 Å².